The number of pyridine rings is 1. The minimum absolute atomic E-state index is 0.0265. The van der Waals surface area contributed by atoms with Crippen molar-refractivity contribution in [3.8, 4) is 17.1 Å². The normalized spacial score (nSPS) is 24.2. The summed E-state index contributed by atoms with van der Waals surface area (Å²) in [6, 6.07) is 18.3. The van der Waals surface area contributed by atoms with Gasteiger partial charge in [0.25, 0.3) is 5.91 Å². The number of benzene rings is 2. The van der Waals surface area contributed by atoms with Gasteiger partial charge >= 0.3 is 6.09 Å². The maximum Gasteiger partial charge on any atom is 0.411 e. The van der Waals surface area contributed by atoms with Crippen LogP contribution < -0.4 is 14.8 Å². The Bertz CT molecular complexity index is 1800. The maximum atomic E-state index is 13.9. The summed E-state index contributed by atoms with van der Waals surface area (Å²) >= 11 is 0. The lowest BCUT2D eigenvalue weighted by Crippen LogP contribution is -2.56. The second-order valence-corrected chi connectivity index (χ2v) is 15.2. The summed E-state index contributed by atoms with van der Waals surface area (Å²) in [6.45, 7) is 8.97. The van der Waals surface area contributed by atoms with Crippen molar-refractivity contribution in [3.05, 3.63) is 73.3 Å². The van der Waals surface area contributed by atoms with Gasteiger partial charge in [-0.05, 0) is 57.6 Å². The molecule has 3 aromatic rings. The quantitative estimate of drug-likeness (QED) is 0.327. The molecule has 3 amide bonds. The Morgan fingerprint density at radius 1 is 1.07 bits per heavy atom. The lowest BCUT2D eigenvalue weighted by molar-refractivity contribution is -0.131. The van der Waals surface area contributed by atoms with Gasteiger partial charge in [-0.2, -0.15) is 0 Å². The zero-order valence-electron chi connectivity index (χ0n) is 26.1. The van der Waals surface area contributed by atoms with Gasteiger partial charge in [-0.15, -0.1) is 6.58 Å². The fourth-order valence-electron chi connectivity index (χ4n) is 5.84. The van der Waals surface area contributed by atoms with E-state index in [2.05, 4.69) is 16.6 Å². The first-order valence-corrected chi connectivity index (χ1v) is 17.0. The van der Waals surface area contributed by atoms with Crippen LogP contribution in [0, 0.1) is 5.92 Å². The molecule has 12 heteroatoms. The summed E-state index contributed by atoms with van der Waals surface area (Å²) in [5.74, 6) is -1.52. The van der Waals surface area contributed by atoms with E-state index in [9.17, 15) is 22.8 Å². The average Bonchev–Trinajstić information content (AvgIpc) is 3.93. The van der Waals surface area contributed by atoms with Crippen molar-refractivity contribution in [3.63, 3.8) is 0 Å². The number of aromatic nitrogens is 1. The third kappa shape index (κ3) is 6.44. The monoisotopic (exact) mass is 646 g/mol. The largest absolute Gasteiger partial charge is 0.472 e. The highest BCUT2D eigenvalue weighted by Crippen LogP contribution is 2.45. The Labute approximate surface area is 268 Å². The number of hydrogen-bond donors (Lipinski definition) is 2. The number of nitrogens with zero attached hydrogens (tertiary/aromatic N) is 2. The lowest BCUT2D eigenvalue weighted by Gasteiger charge is -2.29. The Kier molecular flexibility index (Phi) is 8.04. The SMILES string of the molecule is C=C[C@@H]1C[C@]1(NC(=O)[C@@H]1C[C@@H](Oc2nc(-c3ccccc3)cc3ccccc23)CN1C(=O)OC(C)(C)C)C(=O)NS(=O)(=O)C1CC1. The molecule has 2 aliphatic carbocycles. The molecule has 0 spiro atoms. The fraction of sp³-hybridized carbons (Fsp3) is 0.412. The van der Waals surface area contributed by atoms with Crippen LogP contribution in [-0.4, -0.2) is 71.3 Å². The van der Waals surface area contributed by atoms with Crippen LogP contribution in [0.3, 0.4) is 0 Å². The number of carbonyl (C=O) groups excluding carboxylic acids is 3. The molecule has 2 saturated carbocycles. The van der Waals surface area contributed by atoms with Crippen molar-refractivity contribution in [2.24, 2.45) is 5.92 Å². The number of hydrogen-bond acceptors (Lipinski definition) is 8. The molecule has 3 aliphatic rings. The molecule has 11 nitrogen and oxygen atoms in total. The minimum atomic E-state index is -3.84. The Morgan fingerprint density at radius 3 is 2.41 bits per heavy atom. The summed E-state index contributed by atoms with van der Waals surface area (Å²) in [5, 5.41) is 3.86. The minimum Gasteiger partial charge on any atom is -0.472 e. The van der Waals surface area contributed by atoms with Crippen molar-refractivity contribution >= 4 is 38.7 Å². The fourth-order valence-corrected chi connectivity index (χ4v) is 7.21. The summed E-state index contributed by atoms with van der Waals surface area (Å²) in [6.07, 6.45) is 1.43. The highest BCUT2D eigenvalue weighted by molar-refractivity contribution is 7.91. The van der Waals surface area contributed by atoms with E-state index in [0.717, 1.165) is 16.3 Å². The zero-order valence-corrected chi connectivity index (χ0v) is 26.9. The van der Waals surface area contributed by atoms with Crippen LogP contribution in [-0.2, 0) is 24.3 Å². The number of carbonyl (C=O) groups is 3. The number of fused-ring (bicyclic) bond motifs is 1. The first-order chi connectivity index (χ1) is 21.8. The van der Waals surface area contributed by atoms with E-state index in [1.807, 2.05) is 60.7 Å². The van der Waals surface area contributed by atoms with Gasteiger partial charge < -0.3 is 14.8 Å². The van der Waals surface area contributed by atoms with Crippen LogP contribution in [0.5, 0.6) is 5.88 Å². The molecule has 2 heterocycles. The molecule has 0 bridgehead atoms. The van der Waals surface area contributed by atoms with Crippen LogP contribution >= 0.6 is 0 Å². The Hall–Kier alpha value is -4.45. The van der Waals surface area contributed by atoms with E-state index >= 15 is 0 Å². The number of sulfonamides is 1. The van der Waals surface area contributed by atoms with Crippen molar-refractivity contribution in [1.29, 1.82) is 0 Å². The van der Waals surface area contributed by atoms with Crippen LogP contribution in [0.25, 0.3) is 22.0 Å². The molecule has 1 aromatic heterocycles. The molecule has 0 radical (unpaired) electrons. The number of likely N-dealkylation sites (tertiary alicyclic amines) is 1. The second-order valence-electron chi connectivity index (χ2n) is 13.2. The molecule has 46 heavy (non-hydrogen) atoms. The second kappa shape index (κ2) is 11.7. The highest BCUT2D eigenvalue weighted by atomic mass is 32.2. The van der Waals surface area contributed by atoms with E-state index in [1.165, 1.54) is 11.0 Å². The van der Waals surface area contributed by atoms with E-state index in [1.54, 1.807) is 20.8 Å². The molecule has 4 atom stereocenters. The van der Waals surface area contributed by atoms with Crippen molar-refractivity contribution in [2.75, 3.05) is 6.54 Å². The van der Waals surface area contributed by atoms with Gasteiger partial charge in [0.2, 0.25) is 21.8 Å². The molecule has 0 unspecified atom stereocenters. The van der Waals surface area contributed by atoms with E-state index in [0.29, 0.717) is 24.4 Å². The van der Waals surface area contributed by atoms with E-state index < -0.39 is 62.4 Å². The van der Waals surface area contributed by atoms with Gasteiger partial charge in [0, 0.05) is 23.3 Å². The van der Waals surface area contributed by atoms with E-state index in [4.69, 9.17) is 14.5 Å². The van der Waals surface area contributed by atoms with Crippen LogP contribution in [0.1, 0.15) is 46.5 Å². The maximum absolute atomic E-state index is 13.9. The van der Waals surface area contributed by atoms with Gasteiger partial charge in [-0.25, -0.2) is 18.2 Å². The number of amides is 3. The van der Waals surface area contributed by atoms with Crippen molar-refractivity contribution in [1.82, 2.24) is 19.9 Å². The molecule has 1 aliphatic heterocycles. The molecular formula is C34H38N4O7S. The first-order valence-electron chi connectivity index (χ1n) is 15.4. The third-order valence-electron chi connectivity index (χ3n) is 8.50. The highest BCUT2D eigenvalue weighted by Gasteiger charge is 2.62. The van der Waals surface area contributed by atoms with Gasteiger partial charge in [0.1, 0.15) is 23.3 Å². The van der Waals surface area contributed by atoms with Crippen molar-refractivity contribution in [2.45, 2.75) is 75.0 Å². The first kappa shape index (κ1) is 31.5. The Morgan fingerprint density at radius 2 is 1.76 bits per heavy atom. The topological polar surface area (TPSA) is 144 Å². The predicted octanol–water partition coefficient (Wildman–Crippen LogP) is 4.33. The van der Waals surface area contributed by atoms with Crippen LogP contribution in [0.2, 0.25) is 0 Å². The molecule has 2 aromatic carbocycles. The number of ether oxygens (including phenoxy) is 2. The molecular weight excluding hydrogens is 608 g/mol. The lowest BCUT2D eigenvalue weighted by atomic mass is 10.1. The summed E-state index contributed by atoms with van der Waals surface area (Å²) < 4.78 is 39.4. The predicted molar refractivity (Wildman–Crippen MR) is 172 cm³/mol. The van der Waals surface area contributed by atoms with Gasteiger partial charge in [-0.3, -0.25) is 19.2 Å². The molecule has 1 saturated heterocycles. The third-order valence-corrected chi connectivity index (χ3v) is 10.3. The average molecular weight is 647 g/mol. The summed E-state index contributed by atoms with van der Waals surface area (Å²) in [7, 11) is -3.84. The number of nitrogens with one attached hydrogen (secondary N) is 2. The number of rotatable bonds is 9. The smallest absolute Gasteiger partial charge is 0.411 e. The van der Waals surface area contributed by atoms with Crippen molar-refractivity contribution < 1.29 is 32.3 Å². The summed E-state index contributed by atoms with van der Waals surface area (Å²) in [5.41, 5.74) is -0.697. The van der Waals surface area contributed by atoms with Crippen LogP contribution in [0.15, 0.2) is 73.3 Å². The van der Waals surface area contributed by atoms with E-state index in [-0.39, 0.29) is 19.4 Å². The standard InChI is InChI=1S/C34H38N4O7S/c1-5-23-19-34(23,31(40)37-46(42,43)25-15-16-25)36-29(39)28-18-24(20-38(28)32(41)45-33(2,3)4)44-30-26-14-10-9-13-22(26)17-27(35-30)21-11-7-6-8-12-21/h5-14,17,23-25,28H,1,15-16,18-20H2,2-4H3,(H,36,39)(H,37,40)/t23-,24-,28+,34-/m1/s1. The Balaban J connectivity index is 1.27. The molecule has 3 fully saturated rings. The summed E-state index contributed by atoms with van der Waals surface area (Å²) in [4.78, 5) is 46.7. The molecule has 2 N–H and O–H groups in total. The van der Waals surface area contributed by atoms with Gasteiger partial charge in [0.05, 0.1) is 17.5 Å². The van der Waals surface area contributed by atoms with Crippen LogP contribution in [0.4, 0.5) is 4.79 Å². The zero-order chi connectivity index (χ0) is 32.9. The van der Waals surface area contributed by atoms with Gasteiger partial charge in [0.15, 0.2) is 0 Å². The van der Waals surface area contributed by atoms with Gasteiger partial charge in [-0.1, -0.05) is 54.6 Å². The molecule has 6 rings (SSSR count). The molecule has 242 valence electrons.